The van der Waals surface area contributed by atoms with Gasteiger partial charge in [-0.05, 0) is 117 Å². The zero-order valence-corrected chi connectivity index (χ0v) is 27.3. The van der Waals surface area contributed by atoms with Gasteiger partial charge in [-0.1, -0.05) is 27.7 Å². The lowest BCUT2D eigenvalue weighted by atomic mass is 9.41. The molecule has 5 saturated carbocycles. The van der Waals surface area contributed by atoms with Gasteiger partial charge < -0.3 is 33.9 Å². The van der Waals surface area contributed by atoms with Crippen LogP contribution in [0.3, 0.4) is 0 Å². The third kappa shape index (κ3) is 3.94. The summed E-state index contributed by atoms with van der Waals surface area (Å²) in [7, 11) is 3.37. The Balaban J connectivity index is 1.35. The van der Waals surface area contributed by atoms with E-state index in [4.69, 9.17) is 23.7 Å². The van der Waals surface area contributed by atoms with E-state index in [9.17, 15) is 10.2 Å². The monoisotopic (exact) mass is 578 g/mol. The van der Waals surface area contributed by atoms with Gasteiger partial charge in [0.25, 0.3) is 0 Å². The predicted octanol–water partition coefficient (Wildman–Crippen LogP) is 5.69. The second kappa shape index (κ2) is 9.61. The highest BCUT2D eigenvalue weighted by atomic mass is 16.7. The molecule has 0 aromatic rings. The number of aliphatic hydroxyl groups excluding tert-OH is 2. The molecule has 0 bridgehead atoms. The van der Waals surface area contributed by atoms with E-state index < -0.39 is 5.60 Å². The normalized spacial score (nSPS) is 53.8. The van der Waals surface area contributed by atoms with Gasteiger partial charge >= 0.3 is 0 Å². The molecular formula is C34H58O7. The molecule has 1 saturated heterocycles. The average molecular weight is 579 g/mol. The van der Waals surface area contributed by atoms with Gasteiger partial charge in [-0.15, -0.1) is 0 Å². The fraction of sp³-hybridized carbons (Fsp3) is 1.00. The Morgan fingerprint density at radius 1 is 0.829 bits per heavy atom. The fourth-order valence-corrected chi connectivity index (χ4v) is 12.7. The van der Waals surface area contributed by atoms with Crippen molar-refractivity contribution < 1.29 is 33.9 Å². The summed E-state index contributed by atoms with van der Waals surface area (Å²) in [6.45, 7) is 16.6. The average Bonchev–Trinajstić information content (AvgIpc) is 3.24. The van der Waals surface area contributed by atoms with Crippen LogP contribution >= 0.6 is 0 Å². The molecule has 12 atom stereocenters. The molecule has 6 fully saturated rings. The first-order valence-corrected chi connectivity index (χ1v) is 16.4. The SMILES string of the molecule is COCOC1C[C@@]2(C)C3C[C@H](O)[C@H]4C(C)(C)C(O)CCC45CC35CCC2(C)C1[C@@]1(C)CCC(C(C)(C)OCOC)O1. The summed E-state index contributed by atoms with van der Waals surface area (Å²) in [5, 5.41) is 22.9. The van der Waals surface area contributed by atoms with Crippen LogP contribution in [-0.2, 0) is 23.7 Å². The van der Waals surface area contributed by atoms with Crippen molar-refractivity contribution in [3.8, 4) is 0 Å². The minimum atomic E-state index is -0.447. The molecule has 2 spiro atoms. The van der Waals surface area contributed by atoms with Crippen LogP contribution in [0.1, 0.15) is 106 Å². The zero-order valence-electron chi connectivity index (χ0n) is 27.3. The summed E-state index contributed by atoms with van der Waals surface area (Å²) in [4.78, 5) is 0. The summed E-state index contributed by atoms with van der Waals surface area (Å²) in [5.74, 6) is 0.823. The molecule has 0 aromatic heterocycles. The van der Waals surface area contributed by atoms with Crippen molar-refractivity contribution >= 4 is 0 Å². The van der Waals surface area contributed by atoms with Crippen molar-refractivity contribution in [2.75, 3.05) is 27.8 Å². The van der Waals surface area contributed by atoms with Crippen LogP contribution in [0, 0.1) is 44.8 Å². The quantitative estimate of drug-likeness (QED) is 0.358. The molecular weight excluding hydrogens is 520 g/mol. The lowest BCUT2D eigenvalue weighted by molar-refractivity contribution is -0.225. The number of aliphatic hydroxyl groups is 2. The number of ether oxygens (including phenoxy) is 5. The van der Waals surface area contributed by atoms with Crippen LogP contribution in [0.2, 0.25) is 0 Å². The van der Waals surface area contributed by atoms with Crippen molar-refractivity contribution in [2.24, 2.45) is 44.8 Å². The molecule has 6 rings (SSSR count). The number of methoxy groups -OCH3 is 2. The number of rotatable bonds is 8. The smallest absolute Gasteiger partial charge is 0.147 e. The van der Waals surface area contributed by atoms with Crippen LogP contribution < -0.4 is 0 Å². The van der Waals surface area contributed by atoms with E-state index in [2.05, 4.69) is 48.5 Å². The van der Waals surface area contributed by atoms with E-state index in [1.165, 1.54) is 12.8 Å². The summed E-state index contributed by atoms with van der Waals surface area (Å²) in [6.07, 6.45) is 8.49. The van der Waals surface area contributed by atoms with Gasteiger partial charge in [0.1, 0.15) is 13.6 Å². The summed E-state index contributed by atoms with van der Waals surface area (Å²) < 4.78 is 30.5. The van der Waals surface area contributed by atoms with Gasteiger partial charge in [-0.3, -0.25) is 0 Å². The largest absolute Gasteiger partial charge is 0.393 e. The van der Waals surface area contributed by atoms with Crippen LogP contribution in [-0.4, -0.2) is 73.6 Å². The molecule has 41 heavy (non-hydrogen) atoms. The minimum Gasteiger partial charge on any atom is -0.393 e. The molecule has 0 amide bonds. The maximum atomic E-state index is 11.9. The van der Waals surface area contributed by atoms with Crippen molar-refractivity contribution in [2.45, 2.75) is 142 Å². The van der Waals surface area contributed by atoms with Gasteiger partial charge in [0.15, 0.2) is 0 Å². The van der Waals surface area contributed by atoms with E-state index in [0.29, 0.717) is 5.92 Å². The van der Waals surface area contributed by atoms with Crippen molar-refractivity contribution in [3.63, 3.8) is 0 Å². The Kier molecular flexibility index (Phi) is 7.20. The third-order valence-corrected chi connectivity index (χ3v) is 14.7. The third-order valence-electron chi connectivity index (χ3n) is 14.7. The van der Waals surface area contributed by atoms with E-state index in [1.807, 2.05) is 0 Å². The molecule has 8 unspecified atom stereocenters. The summed E-state index contributed by atoms with van der Waals surface area (Å²) in [6, 6.07) is 0. The van der Waals surface area contributed by atoms with Gasteiger partial charge in [0.2, 0.25) is 0 Å². The molecule has 1 aliphatic heterocycles. The van der Waals surface area contributed by atoms with Crippen LogP contribution in [0.5, 0.6) is 0 Å². The molecule has 0 aromatic carbocycles. The highest BCUT2D eigenvalue weighted by Crippen LogP contribution is 2.89. The molecule has 236 valence electrons. The van der Waals surface area contributed by atoms with Crippen LogP contribution in [0.25, 0.3) is 0 Å². The van der Waals surface area contributed by atoms with E-state index in [-0.39, 0.29) is 82.5 Å². The topological polar surface area (TPSA) is 86.6 Å². The Labute approximate surface area is 248 Å². The molecule has 0 radical (unpaired) electrons. The minimum absolute atomic E-state index is 0.00251. The van der Waals surface area contributed by atoms with Gasteiger partial charge in [-0.2, -0.15) is 0 Å². The summed E-state index contributed by atoms with van der Waals surface area (Å²) >= 11 is 0. The standard InChI is InChI=1S/C34H58O7/c1-28(2)24(36)10-13-34-18-33(34)15-14-30(5)27(32(7)12-11-25(41-32)29(3,4)40-20-38-9)22(39-19-37-8)17-31(30,6)23(33)16-21(35)26(28)34/h21-27,35-36H,10-20H2,1-9H3/t21-,22?,23?,24?,25?,26-,27?,30?,31-,32+,33?,34?/m0/s1. The Hall–Kier alpha value is -0.280. The number of hydrogen-bond donors (Lipinski definition) is 2. The van der Waals surface area contributed by atoms with E-state index in [1.54, 1.807) is 14.2 Å². The van der Waals surface area contributed by atoms with Crippen molar-refractivity contribution in [1.82, 2.24) is 0 Å². The molecule has 6 aliphatic rings. The van der Waals surface area contributed by atoms with Crippen LogP contribution in [0.4, 0.5) is 0 Å². The maximum absolute atomic E-state index is 11.9. The fourth-order valence-electron chi connectivity index (χ4n) is 12.7. The van der Waals surface area contributed by atoms with E-state index >= 15 is 0 Å². The van der Waals surface area contributed by atoms with Gasteiger partial charge in [-0.25, -0.2) is 0 Å². The Bertz CT molecular complexity index is 1020. The lowest BCUT2D eigenvalue weighted by Crippen LogP contribution is -2.62. The molecule has 7 heteroatoms. The highest BCUT2D eigenvalue weighted by molar-refractivity contribution is 5.33. The predicted molar refractivity (Wildman–Crippen MR) is 156 cm³/mol. The first-order valence-electron chi connectivity index (χ1n) is 16.4. The summed E-state index contributed by atoms with van der Waals surface area (Å²) in [5.41, 5.74) is -0.615. The molecule has 2 N–H and O–H groups in total. The zero-order chi connectivity index (χ0) is 29.9. The molecule has 1 heterocycles. The second-order valence-corrected chi connectivity index (χ2v) is 16.9. The first-order chi connectivity index (χ1) is 19.1. The second-order valence-electron chi connectivity index (χ2n) is 16.9. The highest BCUT2D eigenvalue weighted by Gasteiger charge is 2.85. The van der Waals surface area contributed by atoms with Gasteiger partial charge in [0.05, 0.1) is 35.6 Å². The maximum Gasteiger partial charge on any atom is 0.147 e. The Morgan fingerprint density at radius 3 is 2.22 bits per heavy atom. The molecule has 5 aliphatic carbocycles. The first kappa shape index (κ1) is 30.7. The number of fused-ring (bicyclic) bond motifs is 2. The molecule has 7 nitrogen and oxygen atoms in total. The number of hydrogen-bond acceptors (Lipinski definition) is 7. The van der Waals surface area contributed by atoms with Crippen molar-refractivity contribution in [1.29, 1.82) is 0 Å². The van der Waals surface area contributed by atoms with E-state index in [0.717, 1.165) is 44.9 Å². The van der Waals surface area contributed by atoms with Crippen molar-refractivity contribution in [3.05, 3.63) is 0 Å². The van der Waals surface area contributed by atoms with Gasteiger partial charge in [0, 0.05) is 20.1 Å². The Morgan fingerprint density at radius 2 is 1.54 bits per heavy atom. The van der Waals surface area contributed by atoms with Crippen LogP contribution in [0.15, 0.2) is 0 Å². The lowest BCUT2D eigenvalue weighted by Gasteiger charge is -2.64.